The highest BCUT2D eigenvalue weighted by atomic mass is 15.3. The van der Waals surface area contributed by atoms with Gasteiger partial charge in [0.25, 0.3) is 0 Å². The first-order chi connectivity index (χ1) is 6.86. The number of aryl methyl sites for hydroxylation is 1. The molecule has 0 aliphatic heterocycles. The number of aromatic nitrogens is 2. The van der Waals surface area contributed by atoms with Crippen LogP contribution in [0.5, 0.6) is 0 Å². The van der Waals surface area contributed by atoms with E-state index in [1.807, 2.05) is 6.20 Å². The quantitative estimate of drug-likeness (QED) is 0.669. The van der Waals surface area contributed by atoms with E-state index >= 15 is 0 Å². The molecule has 72 valence electrons. The molecule has 1 aromatic heterocycles. The lowest BCUT2D eigenvalue weighted by Gasteiger charge is -2.26. The number of rotatable bonds is 1. The van der Waals surface area contributed by atoms with Crippen molar-refractivity contribution in [2.75, 3.05) is 0 Å². The summed E-state index contributed by atoms with van der Waals surface area (Å²) in [4.78, 5) is 0. The predicted octanol–water partition coefficient (Wildman–Crippen LogP) is 3.07. The molecule has 0 unspecified atom stereocenters. The van der Waals surface area contributed by atoms with Gasteiger partial charge in [0.2, 0.25) is 0 Å². The molecular weight excluding hydrogens is 172 g/mol. The van der Waals surface area contributed by atoms with Gasteiger partial charge in [-0.3, -0.25) is 4.68 Å². The molecule has 2 nitrogen and oxygen atoms in total. The van der Waals surface area contributed by atoms with Gasteiger partial charge in [-0.1, -0.05) is 18.2 Å². The molecule has 1 aromatic carbocycles. The van der Waals surface area contributed by atoms with E-state index in [1.165, 1.54) is 35.7 Å². The van der Waals surface area contributed by atoms with Crippen LogP contribution < -0.4 is 0 Å². The van der Waals surface area contributed by atoms with Crippen molar-refractivity contribution in [3.63, 3.8) is 0 Å². The van der Waals surface area contributed by atoms with Crippen LogP contribution in [0, 0.1) is 6.92 Å². The van der Waals surface area contributed by atoms with Crippen molar-refractivity contribution >= 4 is 10.9 Å². The summed E-state index contributed by atoms with van der Waals surface area (Å²) in [6.07, 6.45) is 5.94. The van der Waals surface area contributed by atoms with Crippen LogP contribution in [-0.2, 0) is 0 Å². The van der Waals surface area contributed by atoms with Crippen LogP contribution in [0.1, 0.15) is 30.9 Å². The van der Waals surface area contributed by atoms with Crippen LogP contribution in [0.15, 0.2) is 24.4 Å². The van der Waals surface area contributed by atoms with Crippen LogP contribution in [0.2, 0.25) is 0 Å². The summed E-state index contributed by atoms with van der Waals surface area (Å²) in [5.74, 6) is 0. The second kappa shape index (κ2) is 2.84. The largest absolute Gasteiger partial charge is 0.262 e. The first-order valence-corrected chi connectivity index (χ1v) is 5.29. The number of hydrogen-bond donors (Lipinski definition) is 0. The van der Waals surface area contributed by atoms with Gasteiger partial charge in [-0.25, -0.2) is 0 Å². The monoisotopic (exact) mass is 186 g/mol. The average Bonchev–Trinajstić information content (AvgIpc) is 2.47. The van der Waals surface area contributed by atoms with E-state index < -0.39 is 0 Å². The Morgan fingerprint density at radius 3 is 2.93 bits per heavy atom. The minimum Gasteiger partial charge on any atom is -0.262 e. The van der Waals surface area contributed by atoms with Gasteiger partial charge in [-0.15, -0.1) is 0 Å². The van der Waals surface area contributed by atoms with Crippen molar-refractivity contribution in [3.05, 3.63) is 30.0 Å². The Labute approximate surface area is 83.5 Å². The van der Waals surface area contributed by atoms with Crippen molar-refractivity contribution in [3.8, 4) is 0 Å². The predicted molar refractivity (Wildman–Crippen MR) is 57.4 cm³/mol. The Hall–Kier alpha value is -1.31. The SMILES string of the molecule is Cc1cccc2cnn(C3CCC3)c12. The van der Waals surface area contributed by atoms with E-state index in [0.717, 1.165) is 0 Å². The second-order valence-electron chi connectivity index (χ2n) is 4.19. The Morgan fingerprint density at radius 1 is 1.36 bits per heavy atom. The molecule has 1 aliphatic rings. The first kappa shape index (κ1) is 8.04. The highest BCUT2D eigenvalue weighted by molar-refractivity contribution is 5.81. The molecule has 0 radical (unpaired) electrons. The van der Waals surface area contributed by atoms with E-state index in [1.54, 1.807) is 0 Å². The summed E-state index contributed by atoms with van der Waals surface area (Å²) < 4.78 is 2.22. The second-order valence-corrected chi connectivity index (χ2v) is 4.19. The lowest BCUT2D eigenvalue weighted by atomic mass is 9.93. The van der Waals surface area contributed by atoms with Gasteiger partial charge < -0.3 is 0 Å². The topological polar surface area (TPSA) is 17.8 Å². The Balaban J connectivity index is 2.23. The van der Waals surface area contributed by atoms with E-state index in [0.29, 0.717) is 6.04 Å². The van der Waals surface area contributed by atoms with Gasteiger partial charge in [0.1, 0.15) is 0 Å². The minimum atomic E-state index is 0.661. The number of para-hydroxylation sites is 1. The maximum absolute atomic E-state index is 4.49. The van der Waals surface area contributed by atoms with Crippen molar-refractivity contribution in [2.45, 2.75) is 32.2 Å². The molecule has 2 aromatic rings. The van der Waals surface area contributed by atoms with Crippen LogP contribution in [0.3, 0.4) is 0 Å². The molecule has 0 amide bonds. The molecule has 0 bridgehead atoms. The summed E-state index contributed by atoms with van der Waals surface area (Å²) in [7, 11) is 0. The highest BCUT2D eigenvalue weighted by Gasteiger charge is 2.21. The van der Waals surface area contributed by atoms with Gasteiger partial charge in [0, 0.05) is 5.39 Å². The molecule has 3 rings (SSSR count). The number of nitrogens with zero attached hydrogens (tertiary/aromatic N) is 2. The molecule has 0 N–H and O–H groups in total. The molecule has 1 fully saturated rings. The summed E-state index contributed by atoms with van der Waals surface area (Å²) in [5.41, 5.74) is 2.67. The van der Waals surface area contributed by atoms with Gasteiger partial charge in [0.05, 0.1) is 17.8 Å². The summed E-state index contributed by atoms with van der Waals surface area (Å²) in [6.45, 7) is 2.17. The van der Waals surface area contributed by atoms with E-state index in [9.17, 15) is 0 Å². The minimum absolute atomic E-state index is 0.661. The van der Waals surface area contributed by atoms with E-state index in [2.05, 4.69) is 34.9 Å². The van der Waals surface area contributed by atoms with Crippen LogP contribution in [0.4, 0.5) is 0 Å². The Morgan fingerprint density at radius 2 is 2.21 bits per heavy atom. The zero-order chi connectivity index (χ0) is 9.54. The third-order valence-electron chi connectivity index (χ3n) is 3.24. The Kier molecular flexibility index (Phi) is 1.63. The fraction of sp³-hybridized carbons (Fsp3) is 0.417. The average molecular weight is 186 g/mol. The molecule has 1 aliphatic carbocycles. The van der Waals surface area contributed by atoms with Crippen molar-refractivity contribution in [1.29, 1.82) is 0 Å². The molecule has 0 atom stereocenters. The fourth-order valence-electron chi connectivity index (χ4n) is 2.19. The zero-order valence-electron chi connectivity index (χ0n) is 8.40. The van der Waals surface area contributed by atoms with Crippen molar-refractivity contribution in [2.24, 2.45) is 0 Å². The molecular formula is C12H14N2. The maximum atomic E-state index is 4.49. The lowest BCUT2D eigenvalue weighted by Crippen LogP contribution is -2.18. The standard InChI is InChI=1S/C12H14N2/c1-9-4-2-5-10-8-13-14(12(9)10)11-6-3-7-11/h2,4-5,8,11H,3,6-7H2,1H3. The molecule has 14 heavy (non-hydrogen) atoms. The van der Waals surface area contributed by atoms with Crippen LogP contribution in [0.25, 0.3) is 10.9 Å². The lowest BCUT2D eigenvalue weighted by molar-refractivity contribution is 0.297. The smallest absolute Gasteiger partial charge is 0.0714 e. The normalized spacial score (nSPS) is 17.2. The molecule has 1 heterocycles. The van der Waals surface area contributed by atoms with Crippen molar-refractivity contribution < 1.29 is 0 Å². The van der Waals surface area contributed by atoms with Gasteiger partial charge in [-0.05, 0) is 31.7 Å². The number of hydrogen-bond acceptors (Lipinski definition) is 1. The summed E-state index contributed by atoms with van der Waals surface area (Å²) >= 11 is 0. The van der Waals surface area contributed by atoms with Gasteiger partial charge in [-0.2, -0.15) is 5.10 Å². The zero-order valence-corrected chi connectivity index (χ0v) is 8.40. The number of benzene rings is 1. The highest BCUT2D eigenvalue weighted by Crippen LogP contribution is 2.34. The maximum Gasteiger partial charge on any atom is 0.0714 e. The number of fused-ring (bicyclic) bond motifs is 1. The van der Waals surface area contributed by atoms with Crippen molar-refractivity contribution in [1.82, 2.24) is 9.78 Å². The fourth-order valence-corrected chi connectivity index (χ4v) is 2.19. The Bertz CT molecular complexity index is 466. The summed E-state index contributed by atoms with van der Waals surface area (Å²) in [6, 6.07) is 7.07. The third kappa shape index (κ3) is 0.999. The van der Waals surface area contributed by atoms with E-state index in [4.69, 9.17) is 0 Å². The first-order valence-electron chi connectivity index (χ1n) is 5.29. The van der Waals surface area contributed by atoms with Crippen LogP contribution in [-0.4, -0.2) is 9.78 Å². The molecule has 2 heteroatoms. The summed E-state index contributed by atoms with van der Waals surface area (Å²) in [5, 5.41) is 5.77. The molecule has 1 saturated carbocycles. The third-order valence-corrected chi connectivity index (χ3v) is 3.24. The van der Waals surface area contributed by atoms with Crippen LogP contribution >= 0.6 is 0 Å². The van der Waals surface area contributed by atoms with E-state index in [-0.39, 0.29) is 0 Å². The van der Waals surface area contributed by atoms with Gasteiger partial charge in [0.15, 0.2) is 0 Å². The molecule has 0 saturated heterocycles. The molecule has 0 spiro atoms. The van der Waals surface area contributed by atoms with Gasteiger partial charge >= 0.3 is 0 Å².